The molecule has 0 spiro atoms. The van der Waals surface area contributed by atoms with Crippen LogP contribution in [-0.2, 0) is 4.74 Å². The largest absolute Gasteiger partial charge is 0.380 e. The molecule has 1 N–H and O–H groups in total. The Morgan fingerprint density at radius 1 is 1.24 bits per heavy atom. The van der Waals surface area contributed by atoms with Crippen molar-refractivity contribution < 1.29 is 4.74 Å². The van der Waals surface area contributed by atoms with Gasteiger partial charge in [0.2, 0.25) is 0 Å². The van der Waals surface area contributed by atoms with Gasteiger partial charge in [0.1, 0.15) is 0 Å². The van der Waals surface area contributed by atoms with Gasteiger partial charge in [0, 0.05) is 26.2 Å². The number of hydrogen-bond donors (Lipinski definition) is 1. The molecule has 0 unspecified atom stereocenters. The van der Waals surface area contributed by atoms with Gasteiger partial charge in [-0.25, -0.2) is 0 Å². The highest BCUT2D eigenvalue weighted by Crippen LogP contribution is 2.38. The van der Waals surface area contributed by atoms with Gasteiger partial charge in [-0.15, -0.1) is 0 Å². The number of hydrogen-bond acceptors (Lipinski definition) is 3. The quantitative estimate of drug-likeness (QED) is 0.627. The van der Waals surface area contributed by atoms with Crippen molar-refractivity contribution in [3.8, 4) is 0 Å². The van der Waals surface area contributed by atoms with Crippen LogP contribution >= 0.6 is 0 Å². The van der Waals surface area contributed by atoms with Gasteiger partial charge in [0.05, 0.1) is 6.61 Å². The van der Waals surface area contributed by atoms with E-state index in [-0.39, 0.29) is 0 Å². The van der Waals surface area contributed by atoms with Gasteiger partial charge in [-0.2, -0.15) is 0 Å². The number of nitrogens with one attached hydrogen (secondary N) is 1. The van der Waals surface area contributed by atoms with E-state index in [1.807, 2.05) is 0 Å². The van der Waals surface area contributed by atoms with Crippen LogP contribution in [0.25, 0.3) is 0 Å². The van der Waals surface area contributed by atoms with Crippen molar-refractivity contribution >= 4 is 0 Å². The highest BCUT2D eigenvalue weighted by atomic mass is 16.5. The van der Waals surface area contributed by atoms with Gasteiger partial charge in [0.15, 0.2) is 0 Å². The van der Waals surface area contributed by atoms with Gasteiger partial charge < -0.3 is 15.0 Å². The molecular weight excluding hydrogens is 212 g/mol. The van der Waals surface area contributed by atoms with Gasteiger partial charge in [-0.3, -0.25) is 0 Å². The lowest BCUT2D eigenvalue weighted by Gasteiger charge is -2.35. The molecule has 1 aliphatic rings. The van der Waals surface area contributed by atoms with E-state index in [0.29, 0.717) is 5.41 Å². The summed E-state index contributed by atoms with van der Waals surface area (Å²) >= 11 is 0. The lowest BCUT2D eigenvalue weighted by Crippen LogP contribution is -2.43. The fourth-order valence-electron chi connectivity index (χ4n) is 3.05. The molecule has 1 rings (SSSR count). The molecule has 0 aliphatic heterocycles. The predicted octanol–water partition coefficient (Wildman–Crippen LogP) is 2.12. The van der Waals surface area contributed by atoms with Crippen LogP contribution in [0.5, 0.6) is 0 Å². The van der Waals surface area contributed by atoms with Crippen LogP contribution in [0.15, 0.2) is 0 Å². The van der Waals surface area contributed by atoms with Gasteiger partial charge in [-0.1, -0.05) is 19.8 Å². The predicted molar refractivity (Wildman–Crippen MR) is 73.4 cm³/mol. The second kappa shape index (κ2) is 8.06. The minimum absolute atomic E-state index is 0.525. The molecule has 17 heavy (non-hydrogen) atoms. The molecule has 0 aromatic carbocycles. The van der Waals surface area contributed by atoms with E-state index in [9.17, 15) is 0 Å². The highest BCUT2D eigenvalue weighted by molar-refractivity contribution is 4.89. The third-order valence-electron chi connectivity index (χ3n) is 3.98. The molecule has 0 saturated heterocycles. The minimum atomic E-state index is 0.525. The third-order valence-corrected chi connectivity index (χ3v) is 3.98. The van der Waals surface area contributed by atoms with E-state index in [0.717, 1.165) is 32.8 Å². The average Bonchev–Trinajstić information content (AvgIpc) is 2.77. The molecule has 0 aromatic heterocycles. The minimum Gasteiger partial charge on any atom is -0.380 e. The van der Waals surface area contributed by atoms with E-state index in [2.05, 4.69) is 31.1 Å². The van der Waals surface area contributed by atoms with E-state index >= 15 is 0 Å². The van der Waals surface area contributed by atoms with Gasteiger partial charge in [0.25, 0.3) is 0 Å². The van der Waals surface area contributed by atoms with E-state index in [4.69, 9.17) is 4.74 Å². The number of likely N-dealkylation sites (N-methyl/N-ethyl adjacent to an activating group) is 1. The van der Waals surface area contributed by atoms with Crippen molar-refractivity contribution in [2.24, 2.45) is 5.41 Å². The molecule has 0 atom stereocenters. The summed E-state index contributed by atoms with van der Waals surface area (Å²) in [5, 5.41) is 3.39. The molecule has 3 heteroatoms. The van der Waals surface area contributed by atoms with Crippen molar-refractivity contribution in [3.63, 3.8) is 0 Å². The maximum absolute atomic E-state index is 5.47. The van der Waals surface area contributed by atoms with Crippen LogP contribution in [0.2, 0.25) is 0 Å². The third kappa shape index (κ3) is 4.94. The Hall–Kier alpha value is -0.120. The molecule has 1 aliphatic carbocycles. The summed E-state index contributed by atoms with van der Waals surface area (Å²) < 4.78 is 5.47. The smallest absolute Gasteiger partial charge is 0.0593 e. The molecular formula is C14H30N2O. The van der Waals surface area contributed by atoms with Crippen LogP contribution in [0.4, 0.5) is 0 Å². The molecule has 0 radical (unpaired) electrons. The zero-order valence-corrected chi connectivity index (χ0v) is 11.9. The molecule has 1 saturated carbocycles. The van der Waals surface area contributed by atoms with E-state index < -0.39 is 0 Å². The first-order valence-electron chi connectivity index (χ1n) is 7.21. The highest BCUT2D eigenvalue weighted by Gasteiger charge is 2.34. The summed E-state index contributed by atoms with van der Waals surface area (Å²) in [6, 6.07) is 0. The van der Waals surface area contributed by atoms with Crippen LogP contribution in [0.1, 0.15) is 39.5 Å². The van der Waals surface area contributed by atoms with Crippen molar-refractivity contribution in [3.05, 3.63) is 0 Å². The first kappa shape index (κ1) is 14.9. The van der Waals surface area contributed by atoms with Crippen LogP contribution < -0.4 is 5.32 Å². The monoisotopic (exact) mass is 242 g/mol. The zero-order chi connectivity index (χ0) is 12.6. The van der Waals surface area contributed by atoms with Crippen LogP contribution in [0.3, 0.4) is 0 Å². The van der Waals surface area contributed by atoms with Crippen molar-refractivity contribution in [1.82, 2.24) is 10.2 Å². The molecule has 0 heterocycles. The van der Waals surface area contributed by atoms with E-state index in [1.54, 1.807) is 0 Å². The SMILES string of the molecule is CCOCCN(CC)CC1(CNC)CCCC1. The van der Waals surface area contributed by atoms with Crippen molar-refractivity contribution in [2.75, 3.05) is 46.4 Å². The molecule has 3 nitrogen and oxygen atoms in total. The summed E-state index contributed by atoms with van der Waals surface area (Å²) in [6.45, 7) is 10.6. The Kier molecular flexibility index (Phi) is 7.09. The summed E-state index contributed by atoms with van der Waals surface area (Å²) in [6.07, 6.45) is 5.59. The number of rotatable bonds is 9. The second-order valence-corrected chi connectivity index (χ2v) is 5.30. The summed E-state index contributed by atoms with van der Waals surface area (Å²) in [4.78, 5) is 2.55. The Labute approximate surface area is 107 Å². The Morgan fingerprint density at radius 2 is 1.94 bits per heavy atom. The molecule has 102 valence electrons. The van der Waals surface area contributed by atoms with Gasteiger partial charge in [-0.05, 0) is 38.8 Å². The van der Waals surface area contributed by atoms with Gasteiger partial charge >= 0.3 is 0 Å². The first-order valence-corrected chi connectivity index (χ1v) is 7.21. The maximum Gasteiger partial charge on any atom is 0.0593 e. The fraction of sp³-hybridized carbons (Fsp3) is 1.00. The van der Waals surface area contributed by atoms with Crippen molar-refractivity contribution in [2.45, 2.75) is 39.5 Å². The summed E-state index contributed by atoms with van der Waals surface area (Å²) in [7, 11) is 2.08. The Bertz CT molecular complexity index is 191. The summed E-state index contributed by atoms with van der Waals surface area (Å²) in [5.74, 6) is 0. The number of nitrogens with zero attached hydrogens (tertiary/aromatic N) is 1. The zero-order valence-electron chi connectivity index (χ0n) is 11.9. The lowest BCUT2D eigenvalue weighted by molar-refractivity contribution is 0.0900. The van der Waals surface area contributed by atoms with E-state index in [1.165, 1.54) is 32.2 Å². The standard InChI is InChI=1S/C14H30N2O/c1-4-16(10-11-17-5-2)13-14(12-15-3)8-6-7-9-14/h15H,4-13H2,1-3H3. The molecule has 1 fully saturated rings. The Morgan fingerprint density at radius 3 is 2.47 bits per heavy atom. The fourth-order valence-corrected chi connectivity index (χ4v) is 3.05. The van der Waals surface area contributed by atoms with Crippen molar-refractivity contribution in [1.29, 1.82) is 0 Å². The number of ether oxygens (including phenoxy) is 1. The maximum atomic E-state index is 5.47. The first-order chi connectivity index (χ1) is 8.26. The molecule has 0 aromatic rings. The topological polar surface area (TPSA) is 24.5 Å². The molecule has 0 amide bonds. The second-order valence-electron chi connectivity index (χ2n) is 5.30. The van der Waals surface area contributed by atoms with Crippen LogP contribution in [0, 0.1) is 5.41 Å². The average molecular weight is 242 g/mol. The molecule has 0 bridgehead atoms. The lowest BCUT2D eigenvalue weighted by atomic mass is 9.85. The Balaban J connectivity index is 2.40. The summed E-state index contributed by atoms with van der Waals surface area (Å²) in [5.41, 5.74) is 0.525. The van der Waals surface area contributed by atoms with Crippen LogP contribution in [-0.4, -0.2) is 51.3 Å². The normalized spacial score (nSPS) is 19.1.